The summed E-state index contributed by atoms with van der Waals surface area (Å²) in [5, 5.41) is 9.16. The number of amides is 3. The molecule has 234 valence electrons. The normalized spacial score (nSPS) is 22.0. The van der Waals surface area contributed by atoms with Gasteiger partial charge in [-0.1, -0.05) is 35.5 Å². The number of benzene rings is 2. The summed E-state index contributed by atoms with van der Waals surface area (Å²) in [6, 6.07) is 12.9. The van der Waals surface area contributed by atoms with Crippen molar-refractivity contribution in [1.29, 1.82) is 0 Å². The molecule has 2 aromatic carbocycles. The Morgan fingerprint density at radius 3 is 2.43 bits per heavy atom. The van der Waals surface area contributed by atoms with Crippen LogP contribution in [-0.2, 0) is 14.3 Å². The number of rotatable bonds is 7. The number of halogens is 1. The second-order valence-electron chi connectivity index (χ2n) is 12.5. The first kappa shape index (κ1) is 31.0. The summed E-state index contributed by atoms with van der Waals surface area (Å²) in [7, 11) is 0. The van der Waals surface area contributed by atoms with Crippen LogP contribution in [0.1, 0.15) is 64.4 Å². The van der Waals surface area contributed by atoms with Gasteiger partial charge in [0.15, 0.2) is 5.82 Å². The fourth-order valence-electron chi connectivity index (χ4n) is 6.15. The maximum Gasteiger partial charge on any atom is 0.439 e. The van der Waals surface area contributed by atoms with E-state index in [9.17, 15) is 23.6 Å². The SMILES string of the molecule is CC(C)(C)OC(=O)NCC1CCC(C(=O)N2CC[C@@H](c3ccccc3)[C@H]2C(=O)Nc2ccc(-c3noc(=O)[nH]3)c(F)c2)CC1. The predicted molar refractivity (Wildman–Crippen MR) is 160 cm³/mol. The Bertz CT molecular complexity index is 1540. The standard InChI is InChI=1S/C32H38FN5O6/c1-32(2,3)43-30(41)34-18-19-9-11-21(12-10-19)29(40)38-16-15-23(20-7-5-4-6-8-20)26(38)28(39)35-22-13-14-24(25(33)17-22)27-36-31(42)44-37-27/h4-8,13-14,17,19,21,23,26H,9-12,15-16,18H2,1-3H3,(H,34,41)(H,35,39)(H,36,37,42)/t19?,21?,23-,26-/m0/s1. The number of likely N-dealkylation sites (tertiary alicyclic amines) is 1. The molecule has 1 saturated heterocycles. The smallest absolute Gasteiger partial charge is 0.439 e. The minimum absolute atomic E-state index is 0.0191. The Morgan fingerprint density at radius 2 is 1.80 bits per heavy atom. The summed E-state index contributed by atoms with van der Waals surface area (Å²) in [5.74, 6) is -2.23. The van der Waals surface area contributed by atoms with Crippen LogP contribution in [0.15, 0.2) is 57.8 Å². The molecule has 2 fully saturated rings. The van der Waals surface area contributed by atoms with E-state index in [0.29, 0.717) is 32.4 Å². The maximum absolute atomic E-state index is 14.9. The molecule has 3 N–H and O–H groups in total. The van der Waals surface area contributed by atoms with Gasteiger partial charge in [-0.2, -0.15) is 0 Å². The lowest BCUT2D eigenvalue weighted by Crippen LogP contribution is -2.48. The molecule has 2 aliphatic rings. The second kappa shape index (κ2) is 13.0. The lowest BCUT2D eigenvalue weighted by molar-refractivity contribution is -0.141. The van der Waals surface area contributed by atoms with Crippen molar-refractivity contribution in [3.63, 3.8) is 0 Å². The number of carbonyl (C=O) groups is 3. The summed E-state index contributed by atoms with van der Waals surface area (Å²) < 4.78 is 24.7. The van der Waals surface area contributed by atoms with Gasteiger partial charge >= 0.3 is 11.8 Å². The number of aromatic amines is 1. The predicted octanol–water partition coefficient (Wildman–Crippen LogP) is 4.82. The number of H-pyrrole nitrogens is 1. The van der Waals surface area contributed by atoms with Gasteiger partial charge in [0.05, 0.1) is 5.56 Å². The van der Waals surface area contributed by atoms with Crippen LogP contribution >= 0.6 is 0 Å². The van der Waals surface area contributed by atoms with Crippen LogP contribution in [0, 0.1) is 17.7 Å². The molecule has 1 aliphatic heterocycles. The van der Waals surface area contributed by atoms with Gasteiger partial charge in [-0.25, -0.2) is 14.0 Å². The van der Waals surface area contributed by atoms with Gasteiger partial charge in [0.1, 0.15) is 17.5 Å². The molecule has 12 heteroatoms. The van der Waals surface area contributed by atoms with E-state index in [1.54, 1.807) is 4.90 Å². The summed E-state index contributed by atoms with van der Waals surface area (Å²) in [4.78, 5) is 55.0. The molecule has 3 amide bonds. The third kappa shape index (κ3) is 7.35. The zero-order valence-corrected chi connectivity index (χ0v) is 25.1. The van der Waals surface area contributed by atoms with Crippen molar-refractivity contribution in [2.75, 3.05) is 18.4 Å². The molecule has 1 aromatic heterocycles. The van der Waals surface area contributed by atoms with Crippen molar-refractivity contribution in [3.05, 3.63) is 70.5 Å². The molecule has 3 aromatic rings. The van der Waals surface area contributed by atoms with Gasteiger partial charge in [-0.05, 0) is 82.6 Å². The first-order chi connectivity index (χ1) is 21.0. The molecule has 0 radical (unpaired) electrons. The van der Waals surface area contributed by atoms with E-state index in [2.05, 4.69) is 25.3 Å². The zero-order chi connectivity index (χ0) is 31.4. The van der Waals surface area contributed by atoms with Gasteiger partial charge in [0.25, 0.3) is 0 Å². The average molecular weight is 608 g/mol. The third-order valence-electron chi connectivity index (χ3n) is 8.24. The molecule has 2 atom stereocenters. The van der Waals surface area contributed by atoms with E-state index in [-0.39, 0.29) is 40.7 Å². The van der Waals surface area contributed by atoms with E-state index in [1.807, 2.05) is 51.1 Å². The molecule has 44 heavy (non-hydrogen) atoms. The summed E-state index contributed by atoms with van der Waals surface area (Å²) >= 11 is 0. The highest BCUT2D eigenvalue weighted by molar-refractivity contribution is 5.98. The Balaban J connectivity index is 1.26. The number of hydrogen-bond acceptors (Lipinski definition) is 7. The molecule has 11 nitrogen and oxygen atoms in total. The lowest BCUT2D eigenvalue weighted by Gasteiger charge is -2.34. The van der Waals surface area contributed by atoms with Crippen molar-refractivity contribution in [3.8, 4) is 11.4 Å². The topological polar surface area (TPSA) is 147 Å². The molecule has 2 heterocycles. The average Bonchev–Trinajstić information content (AvgIpc) is 3.62. The maximum atomic E-state index is 14.9. The van der Waals surface area contributed by atoms with E-state index in [4.69, 9.17) is 4.74 Å². The molecular formula is C32H38FN5O6. The van der Waals surface area contributed by atoms with Crippen LogP contribution in [0.5, 0.6) is 0 Å². The van der Waals surface area contributed by atoms with E-state index < -0.39 is 35.2 Å². The van der Waals surface area contributed by atoms with Crippen LogP contribution in [0.3, 0.4) is 0 Å². The number of nitrogens with zero attached hydrogens (tertiary/aromatic N) is 2. The molecule has 1 aliphatic carbocycles. The number of alkyl carbamates (subject to hydrolysis) is 1. The minimum atomic E-state index is -0.805. The first-order valence-electron chi connectivity index (χ1n) is 15.0. The summed E-state index contributed by atoms with van der Waals surface area (Å²) in [6.45, 7) is 6.37. The van der Waals surface area contributed by atoms with Gasteiger partial charge in [0.2, 0.25) is 11.8 Å². The number of ether oxygens (including phenoxy) is 1. The van der Waals surface area contributed by atoms with Crippen LogP contribution in [0.4, 0.5) is 14.9 Å². The fraction of sp³-hybridized carbons (Fsp3) is 0.469. The van der Waals surface area contributed by atoms with E-state index in [0.717, 1.165) is 24.5 Å². The lowest BCUT2D eigenvalue weighted by atomic mass is 9.81. The third-order valence-corrected chi connectivity index (χ3v) is 8.24. The Hall–Kier alpha value is -4.48. The molecule has 1 saturated carbocycles. The highest BCUT2D eigenvalue weighted by Gasteiger charge is 2.44. The van der Waals surface area contributed by atoms with Gasteiger partial charge in [-0.3, -0.25) is 19.1 Å². The van der Waals surface area contributed by atoms with E-state index in [1.165, 1.54) is 12.1 Å². The van der Waals surface area contributed by atoms with Crippen molar-refractivity contribution in [2.24, 2.45) is 11.8 Å². The van der Waals surface area contributed by atoms with Gasteiger partial charge in [-0.15, -0.1) is 0 Å². The fourth-order valence-corrected chi connectivity index (χ4v) is 6.15. The number of carbonyl (C=O) groups excluding carboxylic acids is 3. The van der Waals surface area contributed by atoms with Crippen LogP contribution < -0.4 is 16.4 Å². The van der Waals surface area contributed by atoms with Crippen LogP contribution in [-0.4, -0.2) is 57.7 Å². The minimum Gasteiger partial charge on any atom is -0.444 e. The number of aromatic nitrogens is 2. The van der Waals surface area contributed by atoms with Crippen molar-refractivity contribution in [2.45, 2.75) is 70.4 Å². The van der Waals surface area contributed by atoms with Crippen LogP contribution in [0.2, 0.25) is 0 Å². The van der Waals surface area contributed by atoms with Crippen molar-refractivity contribution < 1.29 is 28.0 Å². The van der Waals surface area contributed by atoms with Crippen LogP contribution in [0.25, 0.3) is 11.4 Å². The number of nitrogens with one attached hydrogen (secondary N) is 3. The zero-order valence-electron chi connectivity index (χ0n) is 25.1. The second-order valence-corrected chi connectivity index (χ2v) is 12.5. The van der Waals surface area contributed by atoms with E-state index >= 15 is 0 Å². The quantitative estimate of drug-likeness (QED) is 0.349. The molecular weight excluding hydrogens is 569 g/mol. The number of anilines is 1. The Kier molecular flexibility index (Phi) is 9.17. The van der Waals surface area contributed by atoms with Crippen molar-refractivity contribution >= 4 is 23.6 Å². The molecule has 0 spiro atoms. The van der Waals surface area contributed by atoms with Gasteiger partial charge < -0.3 is 20.3 Å². The first-order valence-corrected chi connectivity index (χ1v) is 15.0. The molecule has 0 bridgehead atoms. The molecule has 5 rings (SSSR count). The Morgan fingerprint density at radius 1 is 1.07 bits per heavy atom. The number of hydrogen-bond donors (Lipinski definition) is 3. The summed E-state index contributed by atoms with van der Waals surface area (Å²) in [5.41, 5.74) is 0.620. The molecule has 0 unspecified atom stereocenters. The van der Waals surface area contributed by atoms with Gasteiger partial charge in [0, 0.05) is 30.6 Å². The monoisotopic (exact) mass is 607 g/mol. The largest absolute Gasteiger partial charge is 0.444 e. The highest BCUT2D eigenvalue weighted by atomic mass is 19.1. The Labute approximate surface area is 254 Å². The highest BCUT2D eigenvalue weighted by Crippen LogP contribution is 2.38. The summed E-state index contributed by atoms with van der Waals surface area (Å²) in [6.07, 6.45) is 3.06. The van der Waals surface area contributed by atoms with Crippen molar-refractivity contribution in [1.82, 2.24) is 20.4 Å².